The number of hydrogen-bond acceptors (Lipinski definition) is 7. The number of rotatable bonds is 10. The molecule has 3 aromatic carbocycles. The molecule has 0 aromatic heterocycles. The Morgan fingerprint density at radius 2 is 1.48 bits per heavy atom. The zero-order valence-corrected chi connectivity index (χ0v) is 34.0. The normalized spacial score (nSPS) is 20.4. The van der Waals surface area contributed by atoms with E-state index < -0.39 is 23.1 Å². The molecule has 3 aliphatic heterocycles. The minimum absolute atomic E-state index is 0.0504. The molecule has 3 heterocycles. The van der Waals surface area contributed by atoms with Crippen LogP contribution < -0.4 is 14.8 Å². The first kappa shape index (κ1) is 40.0. The van der Waals surface area contributed by atoms with E-state index >= 15 is 4.79 Å². The average Bonchev–Trinajstić information content (AvgIpc) is 3.55. The number of amides is 3. The summed E-state index contributed by atoms with van der Waals surface area (Å²) in [4.78, 5) is 39.4. The van der Waals surface area contributed by atoms with E-state index in [1.807, 2.05) is 91.5 Å². The van der Waals surface area contributed by atoms with Gasteiger partial charge in [0.25, 0.3) is 0 Å². The van der Waals surface area contributed by atoms with Gasteiger partial charge in [0.15, 0.2) is 0 Å². The lowest BCUT2D eigenvalue weighted by Crippen LogP contribution is -2.56. The number of aliphatic imine (C=N–C) groups is 1. The van der Waals surface area contributed by atoms with Crippen LogP contribution in [-0.4, -0.2) is 106 Å². The summed E-state index contributed by atoms with van der Waals surface area (Å²) in [7, 11) is 0.0354. The Balaban J connectivity index is 1.45. The topological polar surface area (TPSA) is 107 Å². The summed E-state index contributed by atoms with van der Waals surface area (Å²) < 4.78 is 28.3. The van der Waals surface area contributed by atoms with E-state index in [1.165, 1.54) is 0 Å². The van der Waals surface area contributed by atoms with Gasteiger partial charge < -0.3 is 19.7 Å². The van der Waals surface area contributed by atoms with Crippen LogP contribution in [0.2, 0.25) is 10.0 Å². The van der Waals surface area contributed by atoms with Crippen molar-refractivity contribution in [1.29, 1.82) is 0 Å². The van der Waals surface area contributed by atoms with Crippen molar-refractivity contribution in [2.24, 2.45) is 4.99 Å². The van der Waals surface area contributed by atoms with Gasteiger partial charge in [-0.25, -0.2) is 13.3 Å². The van der Waals surface area contributed by atoms with Crippen molar-refractivity contribution in [1.82, 2.24) is 24.3 Å². The molecular weight excluding hydrogens is 747 g/mol. The Hall–Kier alpha value is -3.68. The molecule has 3 aliphatic rings. The Bertz CT molecular complexity index is 1860. The zero-order valence-electron chi connectivity index (χ0n) is 31.6. The minimum atomic E-state index is -1.52. The van der Waals surface area contributed by atoms with Crippen LogP contribution in [0.25, 0.3) is 0 Å². The first-order valence-corrected chi connectivity index (χ1v) is 20.5. The molecule has 0 radical (unpaired) electrons. The molecule has 0 aliphatic carbocycles. The molecule has 3 atom stereocenters. The van der Waals surface area contributed by atoms with Gasteiger partial charge in [0, 0.05) is 60.9 Å². The number of methoxy groups -OCH3 is 1. The molecule has 2 saturated heterocycles. The summed E-state index contributed by atoms with van der Waals surface area (Å²) in [5.74, 6) is 1.25. The number of piperidine rings is 1. The maximum atomic E-state index is 15.1. The van der Waals surface area contributed by atoms with E-state index in [1.54, 1.807) is 18.1 Å². The Morgan fingerprint density at radius 3 is 2.06 bits per heavy atom. The standard InChI is InChI=1S/C40H50Cl2N6O5S/c1-6-53-32-25-33(52-5)34(54(51)47-18-8-7-9-19-47)24-31(32)38-43-36(27-10-14-29(41)15-11-27)37(28-12-16-30(42)17-13-28)48(38)39(50)46-22-20-45(21-23-46)26-35(49)44-40(2,3)4/h10-17,24-25,36-37H,6-9,18-23,26H2,1-5H3,(H,44,49)/t36-,37+,54?/m0/s1. The van der Waals surface area contributed by atoms with Crippen LogP contribution in [-0.2, 0) is 15.8 Å². The van der Waals surface area contributed by atoms with Crippen molar-refractivity contribution in [3.05, 3.63) is 87.4 Å². The lowest BCUT2D eigenvalue weighted by atomic mass is 9.93. The highest BCUT2D eigenvalue weighted by Crippen LogP contribution is 2.46. The van der Waals surface area contributed by atoms with Crippen LogP contribution in [0.15, 0.2) is 70.6 Å². The van der Waals surface area contributed by atoms with Crippen LogP contribution in [0.4, 0.5) is 4.79 Å². The third-order valence-corrected chi connectivity index (χ3v) is 11.8. The number of carbonyl (C=O) groups excluding carboxylic acids is 2. The van der Waals surface area contributed by atoms with Gasteiger partial charge in [-0.15, -0.1) is 0 Å². The van der Waals surface area contributed by atoms with Crippen LogP contribution >= 0.6 is 23.2 Å². The third-order valence-electron chi connectivity index (χ3n) is 9.76. The van der Waals surface area contributed by atoms with E-state index in [0.29, 0.717) is 83.7 Å². The lowest BCUT2D eigenvalue weighted by Gasteiger charge is -2.39. The fraction of sp³-hybridized carbons (Fsp3) is 0.475. The fourth-order valence-electron chi connectivity index (χ4n) is 7.22. The molecule has 290 valence electrons. The van der Waals surface area contributed by atoms with E-state index in [9.17, 15) is 9.00 Å². The van der Waals surface area contributed by atoms with E-state index in [0.717, 1.165) is 30.4 Å². The number of nitrogens with one attached hydrogen (secondary N) is 1. The average molecular weight is 798 g/mol. The quantitative estimate of drug-likeness (QED) is 0.235. The summed E-state index contributed by atoms with van der Waals surface area (Å²) >= 11 is 12.7. The van der Waals surface area contributed by atoms with E-state index in [-0.39, 0.29) is 24.0 Å². The van der Waals surface area contributed by atoms with Gasteiger partial charge in [-0.1, -0.05) is 53.9 Å². The number of urea groups is 1. The highest BCUT2D eigenvalue weighted by molar-refractivity contribution is 7.82. The van der Waals surface area contributed by atoms with Gasteiger partial charge in [0.2, 0.25) is 5.91 Å². The molecular formula is C40H50Cl2N6O5S. The number of amidine groups is 1. The number of nitrogens with zero attached hydrogens (tertiary/aromatic N) is 5. The molecule has 0 spiro atoms. The largest absolute Gasteiger partial charge is 0.495 e. The van der Waals surface area contributed by atoms with Crippen molar-refractivity contribution in [2.75, 3.05) is 59.5 Å². The molecule has 0 bridgehead atoms. The second-order valence-electron chi connectivity index (χ2n) is 14.8. The molecule has 54 heavy (non-hydrogen) atoms. The number of carbonyl (C=O) groups is 2. The first-order chi connectivity index (χ1) is 25.9. The summed E-state index contributed by atoms with van der Waals surface area (Å²) in [6, 6.07) is 17.2. The molecule has 1 N–H and O–H groups in total. The zero-order chi connectivity index (χ0) is 38.6. The lowest BCUT2D eigenvalue weighted by molar-refractivity contribution is -0.124. The van der Waals surface area contributed by atoms with Crippen LogP contribution in [0.5, 0.6) is 11.5 Å². The van der Waals surface area contributed by atoms with Gasteiger partial charge in [0.05, 0.1) is 36.8 Å². The van der Waals surface area contributed by atoms with Crippen molar-refractivity contribution in [3.63, 3.8) is 0 Å². The Labute approximate surface area is 331 Å². The molecule has 3 aromatic rings. The third kappa shape index (κ3) is 9.22. The van der Waals surface area contributed by atoms with Crippen molar-refractivity contribution < 1.29 is 23.3 Å². The van der Waals surface area contributed by atoms with Crippen LogP contribution in [0.3, 0.4) is 0 Å². The van der Waals surface area contributed by atoms with Crippen molar-refractivity contribution in [2.45, 2.75) is 69.5 Å². The smallest absolute Gasteiger partial charge is 0.326 e. The van der Waals surface area contributed by atoms with E-state index in [4.69, 9.17) is 37.7 Å². The minimum Gasteiger partial charge on any atom is -0.495 e. The first-order valence-electron chi connectivity index (χ1n) is 18.6. The van der Waals surface area contributed by atoms with Gasteiger partial charge in [-0.3, -0.25) is 19.6 Å². The molecule has 1 unspecified atom stereocenters. The maximum absolute atomic E-state index is 15.1. The Kier molecular flexibility index (Phi) is 12.9. The molecule has 2 fully saturated rings. The molecule has 11 nitrogen and oxygen atoms in total. The number of ether oxygens (including phenoxy) is 2. The highest BCUT2D eigenvalue weighted by Gasteiger charge is 2.45. The number of halogens is 2. The van der Waals surface area contributed by atoms with Crippen molar-refractivity contribution in [3.8, 4) is 11.5 Å². The van der Waals surface area contributed by atoms with Gasteiger partial charge in [-0.2, -0.15) is 0 Å². The van der Waals surface area contributed by atoms with E-state index in [2.05, 4.69) is 10.2 Å². The van der Waals surface area contributed by atoms with Gasteiger partial charge in [-0.05, 0) is 82.0 Å². The number of benzene rings is 3. The monoisotopic (exact) mass is 796 g/mol. The van der Waals surface area contributed by atoms with Crippen LogP contribution in [0, 0.1) is 0 Å². The molecule has 14 heteroatoms. The predicted octanol–water partition coefficient (Wildman–Crippen LogP) is 7.11. The number of piperazine rings is 1. The van der Waals surface area contributed by atoms with Crippen molar-refractivity contribution >= 4 is 52.0 Å². The van der Waals surface area contributed by atoms with Crippen LogP contribution in [0.1, 0.15) is 75.7 Å². The summed E-state index contributed by atoms with van der Waals surface area (Å²) in [5, 5.41) is 4.19. The molecule has 6 rings (SSSR count). The maximum Gasteiger partial charge on any atom is 0.326 e. The second-order valence-corrected chi connectivity index (χ2v) is 17.2. The number of hydrogen-bond donors (Lipinski definition) is 1. The SMILES string of the molecule is CCOc1cc(OC)c(S(=O)N2CCCCC2)cc1C1=N[C@@H](c2ccc(Cl)cc2)[C@@H](c2ccc(Cl)cc2)N1C(=O)N1CCN(CC(=O)NC(C)(C)C)CC1. The fourth-order valence-corrected chi connectivity index (χ4v) is 8.87. The van der Waals surface area contributed by atoms with Gasteiger partial charge in [0.1, 0.15) is 34.4 Å². The summed E-state index contributed by atoms with van der Waals surface area (Å²) in [5.41, 5.74) is 1.91. The summed E-state index contributed by atoms with van der Waals surface area (Å²) in [6.45, 7) is 11.7. The van der Waals surface area contributed by atoms with Gasteiger partial charge >= 0.3 is 6.03 Å². The highest BCUT2D eigenvalue weighted by atomic mass is 35.5. The predicted molar refractivity (Wildman–Crippen MR) is 214 cm³/mol. The molecule has 3 amide bonds. The molecule has 0 saturated carbocycles. The summed E-state index contributed by atoms with van der Waals surface area (Å²) in [6.07, 6.45) is 3.03. The Morgan fingerprint density at radius 1 is 0.870 bits per heavy atom. The second kappa shape index (κ2) is 17.4.